The van der Waals surface area contributed by atoms with Crippen LogP contribution in [0.4, 0.5) is 0 Å². The van der Waals surface area contributed by atoms with Gasteiger partial charge < -0.3 is 15.1 Å². The summed E-state index contributed by atoms with van der Waals surface area (Å²) in [6.07, 6.45) is 0. The van der Waals surface area contributed by atoms with Crippen LogP contribution >= 0.6 is 0 Å². The van der Waals surface area contributed by atoms with Crippen LogP contribution < -0.4 is 0 Å². The van der Waals surface area contributed by atoms with Crippen molar-refractivity contribution in [3.63, 3.8) is 0 Å². The Balaban J connectivity index is -0.0000000480. The van der Waals surface area contributed by atoms with E-state index in [1.165, 1.54) is 13.8 Å². The van der Waals surface area contributed by atoms with Crippen molar-refractivity contribution >= 4 is 12.6 Å². The van der Waals surface area contributed by atoms with Gasteiger partial charge in [-0.25, -0.2) is 0 Å². The van der Waals surface area contributed by atoms with Crippen molar-refractivity contribution in [2.24, 2.45) is 0 Å². The molecule has 0 bridgehead atoms. The molecule has 0 saturated carbocycles. The summed E-state index contributed by atoms with van der Waals surface area (Å²) in [4.78, 5) is 17.4. The highest BCUT2D eigenvalue weighted by atomic mass is 16.1. The zero-order valence-corrected chi connectivity index (χ0v) is 4.52. The third kappa shape index (κ3) is 118. The molecule has 0 aromatic heterocycles. The Labute approximate surface area is 42.6 Å². The van der Waals surface area contributed by atoms with Crippen molar-refractivity contribution in [1.29, 1.82) is 0 Å². The predicted octanol–water partition coefficient (Wildman–Crippen LogP) is -0.414. The van der Waals surface area contributed by atoms with Gasteiger partial charge in [-0.1, -0.05) is 0 Å². The summed E-state index contributed by atoms with van der Waals surface area (Å²) < 4.78 is 0. The fourth-order valence-electron chi connectivity index (χ4n) is 0. The highest BCUT2D eigenvalue weighted by Gasteiger charge is 1.62. The van der Waals surface area contributed by atoms with Crippen LogP contribution in [-0.2, 0) is 9.59 Å². The molecular weight excluding hydrogens is 96.0 g/mol. The van der Waals surface area contributed by atoms with Crippen LogP contribution in [0.1, 0.15) is 13.8 Å². The number of hydrogen-bond acceptors (Lipinski definition) is 2. The molecule has 3 nitrogen and oxygen atoms in total. The van der Waals surface area contributed by atoms with Gasteiger partial charge in [-0.3, -0.25) is 0 Å². The summed E-state index contributed by atoms with van der Waals surface area (Å²) in [5, 5.41) is 0. The van der Waals surface area contributed by atoms with Gasteiger partial charge in [-0.05, 0) is 13.8 Å². The molecule has 0 aromatic rings. The van der Waals surface area contributed by atoms with Crippen LogP contribution in [-0.4, -0.2) is 18.0 Å². The summed E-state index contributed by atoms with van der Waals surface area (Å²) in [6.45, 7) is 5.06. The molecule has 0 aliphatic rings. The van der Waals surface area contributed by atoms with Crippen molar-refractivity contribution in [1.82, 2.24) is 0 Å². The lowest BCUT2D eigenvalue weighted by atomic mass is 10.6. The number of carbonyl (C=O) groups is 2. The molecule has 3 heteroatoms. The summed E-state index contributed by atoms with van der Waals surface area (Å²) in [5.74, 6) is 0.167. The lowest BCUT2D eigenvalue weighted by molar-refractivity contribution is -0.115. The first-order valence-electron chi connectivity index (χ1n) is 1.49. The Bertz CT molecular complexity index is 38.2. The molecule has 0 radical (unpaired) electrons. The average molecular weight is 106 g/mol. The minimum atomic E-state index is 0. The first kappa shape index (κ1) is 16.3. The van der Waals surface area contributed by atoms with Crippen LogP contribution in [0, 0.1) is 0 Å². The maximum absolute atomic E-state index is 9.44. The predicted molar refractivity (Wildman–Crippen MR) is 27.1 cm³/mol. The van der Waals surface area contributed by atoms with Gasteiger partial charge in [0, 0.05) is 0 Å². The van der Waals surface area contributed by atoms with Crippen LogP contribution in [0.15, 0.2) is 0 Å². The molecular formula is C4H10O3. The molecule has 0 fully saturated rings. The van der Waals surface area contributed by atoms with E-state index in [4.69, 9.17) is 4.79 Å². The van der Waals surface area contributed by atoms with Crippen molar-refractivity contribution in [2.45, 2.75) is 13.8 Å². The maximum Gasteiger partial charge on any atom is 0.126 e. The third-order valence-electron chi connectivity index (χ3n) is 0. The van der Waals surface area contributed by atoms with Gasteiger partial charge >= 0.3 is 0 Å². The lowest BCUT2D eigenvalue weighted by Gasteiger charge is -1.56. The van der Waals surface area contributed by atoms with E-state index in [1.807, 2.05) is 6.79 Å². The van der Waals surface area contributed by atoms with E-state index in [-0.39, 0.29) is 11.3 Å². The van der Waals surface area contributed by atoms with Gasteiger partial charge in [0.25, 0.3) is 0 Å². The van der Waals surface area contributed by atoms with E-state index in [0.29, 0.717) is 0 Å². The first-order chi connectivity index (χ1) is 2.73. The molecule has 7 heavy (non-hydrogen) atoms. The fourth-order valence-corrected chi connectivity index (χ4v) is 0. The van der Waals surface area contributed by atoms with Crippen LogP contribution in [0.3, 0.4) is 0 Å². The highest BCUT2D eigenvalue weighted by molar-refractivity contribution is 5.72. The zero-order chi connectivity index (χ0) is 5.58. The minimum absolute atomic E-state index is 0. The number of Topliss-reactive ketones (excluding diaryl/α,β-unsaturated/α-hetero) is 1. The molecule has 0 aliphatic carbocycles. The molecule has 0 saturated heterocycles. The molecule has 0 amide bonds. The molecule has 44 valence electrons. The fraction of sp³-hybridized carbons (Fsp3) is 0.500. The smallest absolute Gasteiger partial charge is 0.126 e. The highest BCUT2D eigenvalue weighted by Crippen LogP contribution is 1.50. The number of hydrogen-bond donors (Lipinski definition) is 0. The van der Waals surface area contributed by atoms with E-state index in [2.05, 4.69) is 0 Å². The SMILES string of the molecule is C=O.CC(C)=O.O. The molecule has 0 aromatic carbocycles. The minimum Gasteiger partial charge on any atom is -0.412 e. The molecule has 0 aliphatic heterocycles. The molecule has 2 N–H and O–H groups in total. The van der Waals surface area contributed by atoms with E-state index in [9.17, 15) is 4.79 Å². The van der Waals surface area contributed by atoms with Crippen LogP contribution in [0.5, 0.6) is 0 Å². The molecule has 0 unspecified atom stereocenters. The van der Waals surface area contributed by atoms with Crippen LogP contribution in [0.25, 0.3) is 0 Å². The second kappa shape index (κ2) is 18.5. The number of rotatable bonds is 0. The van der Waals surface area contributed by atoms with Crippen molar-refractivity contribution in [2.75, 3.05) is 0 Å². The molecule has 0 spiro atoms. The largest absolute Gasteiger partial charge is 0.412 e. The van der Waals surface area contributed by atoms with E-state index in [0.717, 1.165) is 0 Å². The summed E-state index contributed by atoms with van der Waals surface area (Å²) in [6, 6.07) is 0. The van der Waals surface area contributed by atoms with E-state index >= 15 is 0 Å². The topological polar surface area (TPSA) is 65.6 Å². The molecule has 0 rings (SSSR count). The monoisotopic (exact) mass is 106 g/mol. The Kier molecular flexibility index (Phi) is 43.0. The Morgan fingerprint density at radius 2 is 1.29 bits per heavy atom. The standard InChI is InChI=1S/C3H6O.CH2O.H2O/c1-3(2)4;1-2;/h1-2H3;1H2;1H2. The first-order valence-corrected chi connectivity index (χ1v) is 1.49. The molecule has 0 heterocycles. The second-order valence-electron chi connectivity index (χ2n) is 0.908. The lowest BCUT2D eigenvalue weighted by Crippen LogP contribution is -1.69. The van der Waals surface area contributed by atoms with Crippen molar-refractivity contribution in [3.05, 3.63) is 0 Å². The van der Waals surface area contributed by atoms with Gasteiger partial charge in [0.05, 0.1) is 0 Å². The summed E-state index contributed by atoms with van der Waals surface area (Å²) in [5.41, 5.74) is 0. The number of carbonyl (C=O) groups excluding carboxylic acids is 2. The summed E-state index contributed by atoms with van der Waals surface area (Å²) in [7, 11) is 0. The Morgan fingerprint density at radius 1 is 1.29 bits per heavy atom. The van der Waals surface area contributed by atoms with Gasteiger partial charge in [0.15, 0.2) is 0 Å². The Morgan fingerprint density at radius 3 is 1.29 bits per heavy atom. The van der Waals surface area contributed by atoms with Crippen molar-refractivity contribution < 1.29 is 15.1 Å². The quantitative estimate of drug-likeness (QED) is 0.421. The zero-order valence-electron chi connectivity index (χ0n) is 4.52. The summed E-state index contributed by atoms with van der Waals surface area (Å²) >= 11 is 0. The third-order valence-corrected chi connectivity index (χ3v) is 0. The normalized spacial score (nSPS) is 4.29. The van der Waals surface area contributed by atoms with Crippen molar-refractivity contribution in [3.8, 4) is 0 Å². The van der Waals surface area contributed by atoms with Gasteiger partial charge in [0.2, 0.25) is 0 Å². The van der Waals surface area contributed by atoms with E-state index in [1.54, 1.807) is 0 Å². The van der Waals surface area contributed by atoms with Crippen LogP contribution in [0.2, 0.25) is 0 Å². The van der Waals surface area contributed by atoms with Gasteiger partial charge in [0.1, 0.15) is 12.6 Å². The number of ketones is 1. The van der Waals surface area contributed by atoms with E-state index < -0.39 is 0 Å². The second-order valence-corrected chi connectivity index (χ2v) is 0.908. The van der Waals surface area contributed by atoms with Gasteiger partial charge in [-0.2, -0.15) is 0 Å². The maximum atomic E-state index is 9.44. The average Bonchev–Trinajstić information content (AvgIpc) is 1.41. The molecule has 0 atom stereocenters. The van der Waals surface area contributed by atoms with Gasteiger partial charge in [-0.15, -0.1) is 0 Å². The Hall–Kier alpha value is -0.700.